The van der Waals surface area contributed by atoms with Gasteiger partial charge in [-0.25, -0.2) is 10.0 Å². The summed E-state index contributed by atoms with van der Waals surface area (Å²) in [4.78, 5) is 0. The zero-order valence-electron chi connectivity index (χ0n) is 32.9. The van der Waals surface area contributed by atoms with E-state index < -0.39 is 10.0 Å². The molecule has 48 heavy (non-hydrogen) atoms. The summed E-state index contributed by atoms with van der Waals surface area (Å²) in [6.45, 7) is 28.9. The lowest BCUT2D eigenvalue weighted by Gasteiger charge is -2.52. The molecule has 1 heteroatoms. The van der Waals surface area contributed by atoms with Crippen LogP contribution in [-0.4, -0.2) is 23.0 Å². The van der Waals surface area contributed by atoms with Crippen LogP contribution in [0.15, 0.2) is 78.4 Å². The maximum atomic E-state index is 2.76. The Hall–Kier alpha value is -2.25. The van der Waals surface area contributed by atoms with Gasteiger partial charge in [-0.1, -0.05) is 155 Å². The number of hydrogen-bond acceptors (Lipinski definition) is 0. The molecule has 0 radical (unpaired) electrons. The molecule has 8 atom stereocenters. The lowest BCUT2D eigenvalue weighted by atomic mass is 9.74. The monoisotopic (exact) mass is 662 g/mol. The van der Waals surface area contributed by atoms with Crippen molar-refractivity contribution in [3.63, 3.8) is 0 Å². The first-order valence-corrected chi connectivity index (χ1v) is 21.5. The van der Waals surface area contributed by atoms with Crippen LogP contribution in [0.4, 0.5) is 0 Å². The quantitative estimate of drug-likeness (QED) is 0.306. The van der Waals surface area contributed by atoms with E-state index in [0.29, 0.717) is 23.7 Å². The first-order chi connectivity index (χ1) is 22.2. The molecule has 8 unspecified atom stereocenters. The van der Waals surface area contributed by atoms with Gasteiger partial charge in [-0.15, -0.1) is 0 Å². The molecule has 0 amide bonds. The maximum absolute atomic E-state index is 2.76. The van der Waals surface area contributed by atoms with E-state index >= 15 is 0 Å². The summed E-state index contributed by atoms with van der Waals surface area (Å²) in [6.07, 6.45) is 20.7. The third-order valence-corrected chi connectivity index (χ3v) is 17.3. The van der Waals surface area contributed by atoms with Crippen molar-refractivity contribution in [2.24, 2.45) is 35.5 Å². The molecule has 4 aliphatic carbocycles. The first-order valence-electron chi connectivity index (χ1n) is 18.9. The Labute approximate surface area is 297 Å². The van der Waals surface area contributed by atoms with Crippen molar-refractivity contribution in [1.82, 2.24) is 0 Å². The lowest BCUT2D eigenvalue weighted by molar-refractivity contribution is 0.526. The van der Waals surface area contributed by atoms with E-state index in [4.69, 9.17) is 0 Å². The van der Waals surface area contributed by atoms with E-state index in [1.54, 1.807) is 16.7 Å². The minimum Gasteiger partial charge on any atom is -0.239 e. The fraction of sp³-hybridized carbons (Fsp3) is 0.574. The van der Waals surface area contributed by atoms with Gasteiger partial charge in [0.25, 0.3) is 0 Å². The topological polar surface area (TPSA) is 0 Å². The molecule has 2 aromatic rings. The number of rotatable bonds is 4. The smallest absolute Gasteiger partial charge is 0.00166 e. The highest BCUT2D eigenvalue weighted by Gasteiger charge is 2.55. The van der Waals surface area contributed by atoms with Gasteiger partial charge in [-0.05, 0) is 133 Å². The van der Waals surface area contributed by atoms with Gasteiger partial charge < -0.3 is 0 Å². The van der Waals surface area contributed by atoms with Crippen LogP contribution in [0, 0.1) is 35.5 Å². The fourth-order valence-electron chi connectivity index (χ4n) is 10.5. The standard InChI is InChI=1S/C47H66S/c1-29-18-23-38(33-26-35(46(7,8)9)28-36(27-33)47(10,11)12)41-25-31(3)44(42(29)41)48(13,14)43-30(2)24-40-37(16-15-17-39(40)43)32-19-21-34(22-20-32)45(4,5)6/h15-23,26-28,30-31,39-44H,24-25H2,1-14H3. The molecule has 0 N–H and O–H groups in total. The van der Waals surface area contributed by atoms with E-state index in [1.807, 2.05) is 0 Å². The summed E-state index contributed by atoms with van der Waals surface area (Å²) in [6, 6.07) is 17.1. The van der Waals surface area contributed by atoms with Crippen LogP contribution in [0.2, 0.25) is 0 Å². The van der Waals surface area contributed by atoms with Crippen LogP contribution in [-0.2, 0) is 16.2 Å². The van der Waals surface area contributed by atoms with Gasteiger partial charge in [-0.3, -0.25) is 0 Å². The van der Waals surface area contributed by atoms with Crippen LogP contribution >= 0.6 is 10.0 Å². The molecular formula is C47H66S. The summed E-state index contributed by atoms with van der Waals surface area (Å²) < 4.78 is 0. The Bertz CT molecular complexity index is 1620. The third-order valence-electron chi connectivity index (χ3n) is 12.9. The summed E-state index contributed by atoms with van der Waals surface area (Å²) in [7, 11) is -0.957. The van der Waals surface area contributed by atoms with Crippen LogP contribution in [0.1, 0.15) is 124 Å². The highest BCUT2D eigenvalue weighted by atomic mass is 32.3. The average molecular weight is 663 g/mol. The molecule has 0 aromatic heterocycles. The zero-order valence-corrected chi connectivity index (χ0v) is 33.7. The van der Waals surface area contributed by atoms with Crippen molar-refractivity contribution < 1.29 is 0 Å². The Morgan fingerprint density at radius 3 is 1.67 bits per heavy atom. The minimum atomic E-state index is -0.957. The molecule has 2 fully saturated rings. The Morgan fingerprint density at radius 1 is 0.583 bits per heavy atom. The highest BCUT2D eigenvalue weighted by Crippen LogP contribution is 2.70. The molecule has 260 valence electrons. The van der Waals surface area contributed by atoms with E-state index in [1.165, 1.54) is 40.7 Å². The highest BCUT2D eigenvalue weighted by molar-refractivity contribution is 8.33. The van der Waals surface area contributed by atoms with Gasteiger partial charge in [-0.2, -0.15) is 0 Å². The van der Waals surface area contributed by atoms with Crippen molar-refractivity contribution in [1.29, 1.82) is 0 Å². The lowest BCUT2D eigenvalue weighted by Crippen LogP contribution is -2.39. The van der Waals surface area contributed by atoms with Crippen LogP contribution < -0.4 is 0 Å². The van der Waals surface area contributed by atoms with Crippen molar-refractivity contribution in [3.05, 3.63) is 106 Å². The molecule has 0 nitrogen and oxygen atoms in total. The first kappa shape index (κ1) is 35.6. The normalized spacial score (nSPS) is 31.2. The number of fused-ring (bicyclic) bond motifs is 2. The minimum absolute atomic E-state index is 0.124. The summed E-state index contributed by atoms with van der Waals surface area (Å²) in [5, 5.41) is 1.50. The van der Waals surface area contributed by atoms with Gasteiger partial charge in [0, 0.05) is 0 Å². The van der Waals surface area contributed by atoms with E-state index in [0.717, 1.165) is 22.3 Å². The summed E-state index contributed by atoms with van der Waals surface area (Å²) in [5.41, 5.74) is 12.5. The van der Waals surface area contributed by atoms with E-state index in [9.17, 15) is 0 Å². The number of allylic oxidation sites excluding steroid dienone is 8. The predicted octanol–water partition coefficient (Wildman–Crippen LogP) is 12.9. The predicted molar refractivity (Wildman–Crippen MR) is 216 cm³/mol. The molecule has 6 rings (SSSR count). The van der Waals surface area contributed by atoms with Crippen LogP contribution in [0.25, 0.3) is 11.1 Å². The van der Waals surface area contributed by atoms with Crippen molar-refractivity contribution in [3.8, 4) is 0 Å². The molecule has 4 aliphatic rings. The van der Waals surface area contributed by atoms with E-state index in [2.05, 4.69) is 168 Å². The number of hydrogen-bond donors (Lipinski definition) is 0. The van der Waals surface area contributed by atoms with Gasteiger partial charge in [0.05, 0.1) is 0 Å². The Morgan fingerprint density at radius 2 is 1.10 bits per heavy atom. The SMILES string of the molecule is CC1=CC=C(c2cc(C(C)(C)C)cc(C(C)(C)C)c2)C2CC(C)C(S(C)(C)C3C(C)CC4C(c5ccc(C(C)(C)C)cc5)=CC=CC43)C12. The maximum Gasteiger partial charge on any atom is -0.00166 e. The fourth-order valence-corrected chi connectivity index (χ4v) is 15.7. The molecule has 0 bridgehead atoms. The average Bonchev–Trinajstić information content (AvgIpc) is 3.53. The van der Waals surface area contributed by atoms with E-state index in [-0.39, 0.29) is 16.2 Å². The Balaban J connectivity index is 1.32. The van der Waals surface area contributed by atoms with Gasteiger partial charge in [0.1, 0.15) is 0 Å². The summed E-state index contributed by atoms with van der Waals surface area (Å²) in [5.74, 6) is 3.97. The van der Waals surface area contributed by atoms with Crippen LogP contribution in [0.3, 0.4) is 0 Å². The van der Waals surface area contributed by atoms with Gasteiger partial charge in [0.2, 0.25) is 0 Å². The van der Waals surface area contributed by atoms with Gasteiger partial charge >= 0.3 is 0 Å². The molecule has 0 saturated heterocycles. The molecule has 2 aromatic carbocycles. The second-order valence-electron chi connectivity index (χ2n) is 19.8. The largest absolute Gasteiger partial charge is 0.239 e. The molecule has 2 saturated carbocycles. The molecule has 0 heterocycles. The zero-order chi connectivity index (χ0) is 35.1. The molecule has 0 aliphatic heterocycles. The van der Waals surface area contributed by atoms with Crippen LogP contribution in [0.5, 0.6) is 0 Å². The third kappa shape index (κ3) is 6.29. The van der Waals surface area contributed by atoms with Crippen molar-refractivity contribution in [2.45, 2.75) is 123 Å². The molecule has 0 spiro atoms. The second kappa shape index (κ2) is 12.2. The molecular weight excluding hydrogens is 597 g/mol. The summed E-state index contributed by atoms with van der Waals surface area (Å²) >= 11 is 0. The van der Waals surface area contributed by atoms with Crippen molar-refractivity contribution in [2.75, 3.05) is 12.5 Å². The Kier molecular flexibility index (Phi) is 9.05. The van der Waals surface area contributed by atoms with Gasteiger partial charge in [0.15, 0.2) is 0 Å². The van der Waals surface area contributed by atoms with Crippen molar-refractivity contribution >= 4 is 21.2 Å². The second-order valence-corrected chi connectivity index (χ2v) is 23.9. The number of benzene rings is 2.